The van der Waals surface area contributed by atoms with Gasteiger partial charge in [0.05, 0.1) is 98.1 Å². The van der Waals surface area contributed by atoms with Gasteiger partial charge >= 0.3 is 6.09 Å². The predicted octanol–water partition coefficient (Wildman–Crippen LogP) is 10.9. The average molecular weight is 1840 g/mol. The highest BCUT2D eigenvalue weighted by Gasteiger charge is 2.22. The van der Waals surface area contributed by atoms with Gasteiger partial charge in [-0.15, -0.1) is 0 Å². The lowest BCUT2D eigenvalue weighted by molar-refractivity contribution is 0.0526. The zero-order chi connectivity index (χ0) is 97.6. The van der Waals surface area contributed by atoms with Crippen LogP contribution >= 0.6 is 0 Å². The van der Waals surface area contributed by atoms with Gasteiger partial charge in [-0.3, -0.25) is 9.80 Å². The predicted molar refractivity (Wildman–Crippen MR) is 521 cm³/mol. The van der Waals surface area contributed by atoms with Crippen LogP contribution in [0.5, 0.6) is 0 Å². The van der Waals surface area contributed by atoms with E-state index in [-0.39, 0.29) is 0 Å². The van der Waals surface area contributed by atoms with Crippen molar-refractivity contribution in [2.75, 3.05) is 314 Å². The zero-order valence-electron chi connectivity index (χ0n) is 82.3. The van der Waals surface area contributed by atoms with Crippen molar-refractivity contribution < 1.29 is 9.53 Å². The molecule has 0 rings (SSSR count). The van der Waals surface area contributed by atoms with Gasteiger partial charge < -0.3 is 83.4 Å². The van der Waals surface area contributed by atoms with Gasteiger partial charge in [0, 0.05) is 214 Å². The summed E-state index contributed by atoms with van der Waals surface area (Å²) >= 11 is 0. The molecule has 1 N–H and O–H groups in total. The Morgan fingerprint density at radius 3 is 0.504 bits per heavy atom. The summed E-state index contributed by atoms with van der Waals surface area (Å²) in [7, 11) is 0. The maximum atomic E-state index is 12.8. The molecule has 0 radical (unpaired) electrons. The zero-order valence-corrected chi connectivity index (χ0v) is 82.3. The third-order valence-electron chi connectivity index (χ3n) is 23.5. The number of hydrogen-bond donors (Lipinski definition) is 1. The van der Waals surface area contributed by atoms with E-state index in [4.69, 9.17) is 17.9 Å². The van der Waals surface area contributed by atoms with Crippen LogP contribution in [0.15, 0.2) is 0 Å². The Kier molecular flexibility index (Phi) is 85.1. The van der Waals surface area contributed by atoms with E-state index in [0.29, 0.717) is 214 Å². The molecule has 0 fully saturated rings. The van der Waals surface area contributed by atoms with E-state index in [2.05, 4.69) is 173 Å². The molecule has 0 aromatic heterocycles. The second kappa shape index (κ2) is 91.6. The van der Waals surface area contributed by atoms with Gasteiger partial charge in [0.25, 0.3) is 0 Å². The molecule has 0 aromatic rings. The second-order valence-corrected chi connectivity index (χ2v) is 35.2. The normalized spacial score (nSPS) is 11.4. The van der Waals surface area contributed by atoms with Crippen LogP contribution in [-0.2, 0) is 4.74 Å². The number of unbranched alkanes of at least 4 members (excludes halogenated alkanes) is 3. The van der Waals surface area contributed by atoms with Crippen molar-refractivity contribution in [1.82, 2.24) is 78.8 Å². The smallest absolute Gasteiger partial charge is 0.407 e. The maximum Gasteiger partial charge on any atom is 0.407 e. The van der Waals surface area contributed by atoms with E-state index in [1.165, 1.54) is 0 Å². The maximum absolute atomic E-state index is 12.8. The molecule has 0 saturated carbocycles. The lowest BCUT2D eigenvalue weighted by Gasteiger charge is -2.32. The Morgan fingerprint density at radius 2 is 0.346 bits per heavy atom. The Balaban J connectivity index is 8.55. The van der Waals surface area contributed by atoms with Crippen molar-refractivity contribution in [2.45, 2.75) is 219 Å². The standard InChI is InChI=1S/C99H166N32O2/c1-99(2,3)133-98(132)116-50-8-6-7-9-53-131(96-94-129(88-32-82-123(74-24-68-117(54-10-36-100)55-11-37-101)75-25-69-118(56-12-38-102)57-13-39-103)90-34-84-125(78-28-72-121(62-18-44-108)63-19-45-109)80-30-86-127(66-22-48-112)92-51-114-4)97-95-130(89-33-83-124(76-26-70-119(58-14-40-104)59-15-41-105)77-27-71-120(60-16-42-106)61-17-43-107)91-35-85-126(79-29-73-122(64-20-46-110)65-21-47-111)81-31-87-128(67-23-49-113)93-52-115-5/h6-35,50-97H2,1-3H3,(H,116,132). The van der Waals surface area contributed by atoms with E-state index in [9.17, 15) is 78.5 Å². The first-order chi connectivity index (χ1) is 64.9. The highest BCUT2D eigenvalue weighted by molar-refractivity contribution is 5.67. The minimum Gasteiger partial charge on any atom is -0.444 e. The van der Waals surface area contributed by atoms with Crippen LogP contribution in [0.3, 0.4) is 0 Å². The lowest BCUT2D eigenvalue weighted by atomic mass is 10.2. The first-order valence-corrected chi connectivity index (χ1v) is 49.6. The summed E-state index contributed by atoms with van der Waals surface area (Å²) in [6.07, 6.45) is 18.9. The molecule has 1 amide bonds. The molecule has 133 heavy (non-hydrogen) atoms. The molecule has 0 bridgehead atoms. The number of carbonyl (C=O) groups excluding carboxylic acids is 1. The number of alkyl carbamates (subject to hydrolysis) is 1. The third-order valence-corrected chi connectivity index (χ3v) is 23.5. The van der Waals surface area contributed by atoms with E-state index >= 15 is 0 Å². The first kappa shape index (κ1) is 124. The molecule has 0 aliphatic carbocycles. The number of rotatable bonds is 93. The van der Waals surface area contributed by atoms with Gasteiger partial charge in [-0.05, 0) is 274 Å². The van der Waals surface area contributed by atoms with Crippen LogP contribution in [0.2, 0.25) is 0 Å². The molecule has 0 spiro atoms. The molecule has 0 aliphatic heterocycles. The quantitative estimate of drug-likeness (QED) is 0.0436. The number of nitrogens with zero attached hydrogens (tertiary/aromatic N) is 31. The molecule has 0 atom stereocenters. The Bertz CT molecular complexity index is 2880. The number of amides is 1. The minimum absolute atomic E-state index is 0.364. The van der Waals surface area contributed by atoms with Crippen LogP contribution in [0.25, 0.3) is 9.69 Å². The van der Waals surface area contributed by atoms with Crippen molar-refractivity contribution in [3.63, 3.8) is 0 Å². The summed E-state index contributed by atoms with van der Waals surface area (Å²) in [5.74, 6) is 0. The van der Waals surface area contributed by atoms with Gasteiger partial charge in [-0.2, -0.15) is 73.7 Å². The monoisotopic (exact) mass is 1840 g/mol. The second-order valence-electron chi connectivity index (χ2n) is 35.2. The number of carbonyl (C=O) groups is 1. The highest BCUT2D eigenvalue weighted by Crippen LogP contribution is 2.15. The lowest BCUT2D eigenvalue weighted by Crippen LogP contribution is -2.43. The molecular formula is C99H166N32O2. The molecular weight excluding hydrogens is 1670 g/mol. The number of nitriles is 14. The number of nitrogens with one attached hydrogen (secondary N) is 1. The van der Waals surface area contributed by atoms with Crippen LogP contribution in [0, 0.1) is 172 Å². The molecule has 0 aromatic carbocycles. The van der Waals surface area contributed by atoms with Gasteiger partial charge in [0.15, 0.2) is 0 Å². The van der Waals surface area contributed by atoms with E-state index in [0.717, 1.165) is 293 Å². The van der Waals surface area contributed by atoms with Crippen molar-refractivity contribution >= 4 is 6.09 Å². The van der Waals surface area contributed by atoms with Crippen molar-refractivity contribution in [3.05, 3.63) is 22.8 Å². The van der Waals surface area contributed by atoms with Crippen LogP contribution < -0.4 is 5.32 Å². The third kappa shape index (κ3) is 77.5. The minimum atomic E-state index is -0.617. The SMILES string of the molecule is [C-]#[N+]CCN(CCC#N)CCCN(CCCN(CCC#N)CCC#N)CCCN(CCCN(CCCN(CCC#N)CCC#N)CCCN(CCC#N)CCC#N)CCN(CCCCCCNC(=O)OC(C)(C)C)CCN(CCCN(CCCN(CCC#N)CCC#N)CCCN(CCC#N)CCC#N)CCCN(CCCN(CCC#N)CCC#N)CCCN(CCC#N)CC[N+]#[C-]. The van der Waals surface area contributed by atoms with Gasteiger partial charge in [-0.25, -0.2) is 17.9 Å². The summed E-state index contributed by atoms with van der Waals surface area (Å²) < 4.78 is 5.58. The molecule has 0 unspecified atom stereocenters. The fraction of sp³-hybridized carbons (Fsp3) is 0.828. The van der Waals surface area contributed by atoms with Crippen molar-refractivity contribution in [3.8, 4) is 85.0 Å². The Hall–Kier alpha value is -9.49. The van der Waals surface area contributed by atoms with Gasteiger partial charge in [0.1, 0.15) is 5.60 Å². The summed E-state index contributed by atoms with van der Waals surface area (Å²) in [6, 6.07) is 32.1. The van der Waals surface area contributed by atoms with Crippen LogP contribution in [0.1, 0.15) is 213 Å². The fourth-order valence-electron chi connectivity index (χ4n) is 16.4. The summed E-state index contributed by atoms with van der Waals surface area (Å²) in [4.78, 5) is 56.0. The molecule has 0 saturated heterocycles. The average Bonchev–Trinajstić information content (AvgIpc) is 0.913. The van der Waals surface area contributed by atoms with E-state index in [1.807, 2.05) is 20.8 Å². The summed E-state index contributed by atoms with van der Waals surface area (Å²) in [5, 5.41) is 137. The molecule has 734 valence electrons. The Labute approximate surface area is 804 Å². The van der Waals surface area contributed by atoms with Gasteiger partial charge in [-0.1, -0.05) is 12.8 Å². The van der Waals surface area contributed by atoms with Crippen molar-refractivity contribution in [1.29, 1.82) is 73.7 Å². The highest BCUT2D eigenvalue weighted by atomic mass is 16.6. The molecule has 34 heteroatoms. The van der Waals surface area contributed by atoms with Crippen LogP contribution in [0.4, 0.5) is 4.79 Å². The van der Waals surface area contributed by atoms with Crippen molar-refractivity contribution in [2.24, 2.45) is 0 Å². The summed E-state index contributed by atoms with van der Waals surface area (Å²) in [5.41, 5.74) is -0.617. The molecule has 34 nitrogen and oxygen atoms in total. The first-order valence-electron chi connectivity index (χ1n) is 49.6. The Morgan fingerprint density at radius 1 is 0.211 bits per heavy atom. The van der Waals surface area contributed by atoms with Gasteiger partial charge in [0.2, 0.25) is 13.1 Å². The number of hydrogen-bond acceptors (Lipinski definition) is 31. The molecule has 0 aliphatic rings. The molecule has 0 heterocycles. The van der Waals surface area contributed by atoms with E-state index in [1.54, 1.807) is 0 Å². The largest absolute Gasteiger partial charge is 0.444 e. The van der Waals surface area contributed by atoms with E-state index < -0.39 is 11.7 Å². The topological polar surface area (TPSA) is 429 Å². The number of ether oxygens (including phenoxy) is 1. The summed E-state index contributed by atoms with van der Waals surface area (Å²) in [6.45, 7) is 54.8. The van der Waals surface area contributed by atoms with Crippen LogP contribution in [-0.4, -0.2) is 399 Å². The fourth-order valence-corrected chi connectivity index (χ4v) is 16.4.